The van der Waals surface area contributed by atoms with E-state index >= 15 is 0 Å². The minimum atomic E-state index is 0.494. The number of nitrogens with zero attached hydrogens (tertiary/aromatic N) is 1. The van der Waals surface area contributed by atoms with Crippen LogP contribution in [0.2, 0.25) is 0 Å². The molecule has 1 fully saturated rings. The normalized spacial score (nSPS) is 26.7. The molecule has 66 valence electrons. The maximum atomic E-state index is 5.28. The van der Waals surface area contributed by atoms with Crippen LogP contribution >= 0.6 is 0 Å². The molecule has 1 saturated heterocycles. The van der Waals surface area contributed by atoms with Gasteiger partial charge in [0.1, 0.15) is 0 Å². The van der Waals surface area contributed by atoms with Gasteiger partial charge in [-0.1, -0.05) is 13.8 Å². The molecule has 2 heteroatoms. The molecule has 2 nitrogen and oxygen atoms in total. The first-order valence-electron chi connectivity index (χ1n) is 4.47. The fourth-order valence-corrected chi connectivity index (χ4v) is 1.67. The Balaban J connectivity index is 2.19. The van der Waals surface area contributed by atoms with Crippen LogP contribution in [0.25, 0.3) is 0 Å². The van der Waals surface area contributed by atoms with Gasteiger partial charge in [0, 0.05) is 26.7 Å². The first-order valence-corrected chi connectivity index (χ1v) is 4.47. The van der Waals surface area contributed by atoms with Gasteiger partial charge in [0.25, 0.3) is 0 Å². The van der Waals surface area contributed by atoms with Gasteiger partial charge in [-0.2, -0.15) is 0 Å². The number of hydrogen-bond acceptors (Lipinski definition) is 2. The molecule has 0 spiro atoms. The molecule has 0 saturated carbocycles. The van der Waals surface area contributed by atoms with E-state index in [1.165, 1.54) is 19.5 Å². The van der Waals surface area contributed by atoms with Gasteiger partial charge in [-0.25, -0.2) is 0 Å². The fraction of sp³-hybridized carbons (Fsp3) is 1.00. The Morgan fingerprint density at radius 3 is 2.73 bits per heavy atom. The van der Waals surface area contributed by atoms with Gasteiger partial charge in [-0.3, -0.25) is 0 Å². The Kier molecular flexibility index (Phi) is 3.34. The molecule has 1 heterocycles. The minimum absolute atomic E-state index is 0.494. The predicted octanol–water partition coefficient (Wildman–Crippen LogP) is 1.36. The predicted molar refractivity (Wildman–Crippen MR) is 46.7 cm³/mol. The smallest absolute Gasteiger partial charge is 0.0710 e. The van der Waals surface area contributed by atoms with Gasteiger partial charge < -0.3 is 9.64 Å². The van der Waals surface area contributed by atoms with E-state index in [4.69, 9.17) is 4.74 Å². The summed E-state index contributed by atoms with van der Waals surface area (Å²) < 4.78 is 5.28. The molecule has 1 aliphatic rings. The first kappa shape index (κ1) is 9.01. The number of hydrogen-bond donors (Lipinski definition) is 0. The summed E-state index contributed by atoms with van der Waals surface area (Å²) in [6.07, 6.45) is 1.71. The molecule has 11 heavy (non-hydrogen) atoms. The molecule has 0 bridgehead atoms. The summed E-state index contributed by atoms with van der Waals surface area (Å²) in [5, 5.41) is 0. The van der Waals surface area contributed by atoms with Gasteiger partial charge in [-0.05, 0) is 12.3 Å². The zero-order valence-corrected chi connectivity index (χ0v) is 7.84. The van der Waals surface area contributed by atoms with Crippen molar-refractivity contribution in [1.82, 2.24) is 4.90 Å². The summed E-state index contributed by atoms with van der Waals surface area (Å²) in [5.41, 5.74) is 0. The van der Waals surface area contributed by atoms with Crippen molar-refractivity contribution in [1.29, 1.82) is 0 Å². The molecule has 0 N–H and O–H groups in total. The van der Waals surface area contributed by atoms with Crippen LogP contribution in [0.5, 0.6) is 0 Å². The lowest BCUT2D eigenvalue weighted by molar-refractivity contribution is 0.106. The molecule has 1 atom stereocenters. The van der Waals surface area contributed by atoms with Crippen LogP contribution in [0.1, 0.15) is 20.3 Å². The highest BCUT2D eigenvalue weighted by Gasteiger charge is 2.21. The Labute approximate surface area is 69.5 Å². The van der Waals surface area contributed by atoms with Crippen LogP contribution in [-0.2, 0) is 4.74 Å². The largest absolute Gasteiger partial charge is 0.380 e. The summed E-state index contributed by atoms with van der Waals surface area (Å²) in [5.74, 6) is 0.783. The maximum Gasteiger partial charge on any atom is 0.0710 e. The lowest BCUT2D eigenvalue weighted by atomic mass is 10.2. The third-order valence-electron chi connectivity index (χ3n) is 2.19. The van der Waals surface area contributed by atoms with Crippen molar-refractivity contribution in [2.75, 3.05) is 26.7 Å². The minimum Gasteiger partial charge on any atom is -0.380 e. The SMILES string of the molecule is COC1CCN(CC(C)C)C1. The summed E-state index contributed by atoms with van der Waals surface area (Å²) in [4.78, 5) is 2.48. The average Bonchev–Trinajstić information content (AvgIpc) is 2.34. The molecule has 0 amide bonds. The van der Waals surface area contributed by atoms with Crippen LogP contribution < -0.4 is 0 Å². The van der Waals surface area contributed by atoms with E-state index in [0.717, 1.165) is 12.5 Å². The molecule has 0 aromatic heterocycles. The van der Waals surface area contributed by atoms with Crippen molar-refractivity contribution in [2.45, 2.75) is 26.4 Å². The van der Waals surface area contributed by atoms with Crippen molar-refractivity contribution in [2.24, 2.45) is 5.92 Å². The average molecular weight is 157 g/mol. The molecule has 0 aromatic rings. The molecule has 0 aromatic carbocycles. The van der Waals surface area contributed by atoms with Crippen molar-refractivity contribution in [3.63, 3.8) is 0 Å². The highest BCUT2D eigenvalue weighted by atomic mass is 16.5. The van der Waals surface area contributed by atoms with E-state index in [1.54, 1.807) is 0 Å². The van der Waals surface area contributed by atoms with Gasteiger partial charge in [-0.15, -0.1) is 0 Å². The monoisotopic (exact) mass is 157 g/mol. The topological polar surface area (TPSA) is 12.5 Å². The number of likely N-dealkylation sites (tertiary alicyclic amines) is 1. The molecule has 0 radical (unpaired) electrons. The van der Waals surface area contributed by atoms with Gasteiger partial charge in [0.05, 0.1) is 6.10 Å². The molecule has 1 unspecified atom stereocenters. The number of methoxy groups -OCH3 is 1. The van der Waals surface area contributed by atoms with Gasteiger partial charge in [0.15, 0.2) is 0 Å². The van der Waals surface area contributed by atoms with E-state index in [-0.39, 0.29) is 0 Å². The summed E-state index contributed by atoms with van der Waals surface area (Å²) >= 11 is 0. The third kappa shape index (κ3) is 2.80. The standard InChI is InChI=1S/C9H19NO/c1-8(2)6-10-5-4-9(7-10)11-3/h8-9H,4-7H2,1-3H3. The van der Waals surface area contributed by atoms with Gasteiger partial charge >= 0.3 is 0 Å². The van der Waals surface area contributed by atoms with Crippen LogP contribution in [0, 0.1) is 5.92 Å². The fourth-order valence-electron chi connectivity index (χ4n) is 1.67. The highest BCUT2D eigenvalue weighted by molar-refractivity contribution is 4.75. The molecular formula is C9H19NO. The van der Waals surface area contributed by atoms with Crippen LogP contribution in [0.4, 0.5) is 0 Å². The third-order valence-corrected chi connectivity index (χ3v) is 2.19. The second kappa shape index (κ2) is 4.07. The Hall–Kier alpha value is -0.0800. The van der Waals surface area contributed by atoms with E-state index in [9.17, 15) is 0 Å². The molecule has 0 aliphatic carbocycles. The number of ether oxygens (including phenoxy) is 1. The van der Waals surface area contributed by atoms with Crippen molar-refractivity contribution in [3.8, 4) is 0 Å². The Bertz CT molecular complexity index is 114. The molecular weight excluding hydrogens is 138 g/mol. The zero-order valence-electron chi connectivity index (χ0n) is 7.84. The Morgan fingerprint density at radius 2 is 2.27 bits per heavy atom. The lowest BCUT2D eigenvalue weighted by Gasteiger charge is -2.17. The number of rotatable bonds is 3. The van der Waals surface area contributed by atoms with Gasteiger partial charge in [0.2, 0.25) is 0 Å². The van der Waals surface area contributed by atoms with Crippen molar-refractivity contribution in [3.05, 3.63) is 0 Å². The quantitative estimate of drug-likeness (QED) is 0.613. The second-order valence-electron chi connectivity index (χ2n) is 3.80. The van der Waals surface area contributed by atoms with E-state index < -0.39 is 0 Å². The van der Waals surface area contributed by atoms with Crippen LogP contribution in [0.3, 0.4) is 0 Å². The second-order valence-corrected chi connectivity index (χ2v) is 3.80. The van der Waals surface area contributed by atoms with E-state index in [2.05, 4.69) is 18.7 Å². The maximum absolute atomic E-state index is 5.28. The highest BCUT2D eigenvalue weighted by Crippen LogP contribution is 2.12. The van der Waals surface area contributed by atoms with E-state index in [1.807, 2.05) is 7.11 Å². The van der Waals surface area contributed by atoms with Crippen molar-refractivity contribution < 1.29 is 4.74 Å². The van der Waals surface area contributed by atoms with Crippen molar-refractivity contribution >= 4 is 0 Å². The molecule has 1 rings (SSSR count). The summed E-state index contributed by atoms with van der Waals surface area (Å²) in [6.45, 7) is 8.10. The summed E-state index contributed by atoms with van der Waals surface area (Å²) in [7, 11) is 1.81. The van der Waals surface area contributed by atoms with Crippen LogP contribution in [-0.4, -0.2) is 37.7 Å². The van der Waals surface area contributed by atoms with E-state index in [0.29, 0.717) is 6.10 Å². The first-order chi connectivity index (χ1) is 5.22. The zero-order chi connectivity index (χ0) is 8.27. The molecule has 1 aliphatic heterocycles. The Morgan fingerprint density at radius 1 is 1.55 bits per heavy atom. The summed E-state index contributed by atoms with van der Waals surface area (Å²) in [6, 6.07) is 0. The lowest BCUT2D eigenvalue weighted by Crippen LogP contribution is -2.26. The van der Waals surface area contributed by atoms with Crippen LogP contribution in [0.15, 0.2) is 0 Å².